The molecule has 2 rings (SSSR count). The Bertz CT molecular complexity index is 501. The highest BCUT2D eigenvalue weighted by atomic mass is 16.6. The van der Waals surface area contributed by atoms with Gasteiger partial charge in [-0.2, -0.15) is 0 Å². The second-order valence-corrected chi connectivity index (χ2v) is 7.19. The van der Waals surface area contributed by atoms with Gasteiger partial charge >= 0.3 is 6.09 Å². The summed E-state index contributed by atoms with van der Waals surface area (Å²) in [6.45, 7) is 10.4. The van der Waals surface area contributed by atoms with E-state index in [9.17, 15) is 4.79 Å². The van der Waals surface area contributed by atoms with Gasteiger partial charge in [0, 0.05) is 31.7 Å². The molecule has 23 heavy (non-hydrogen) atoms. The Balaban J connectivity index is 1.83. The lowest BCUT2D eigenvalue weighted by Gasteiger charge is -2.36. The van der Waals surface area contributed by atoms with E-state index in [1.165, 1.54) is 0 Å². The zero-order chi connectivity index (χ0) is 16.9. The van der Waals surface area contributed by atoms with Gasteiger partial charge in [-0.05, 0) is 53.0 Å². The van der Waals surface area contributed by atoms with Crippen LogP contribution in [0.15, 0.2) is 18.6 Å². The predicted molar refractivity (Wildman–Crippen MR) is 89.0 cm³/mol. The number of amides is 1. The number of hydrogen-bond acceptors (Lipinski definition) is 5. The molecule has 0 radical (unpaired) electrons. The third-order valence-corrected chi connectivity index (χ3v) is 4.04. The molecule has 2 unspecified atom stereocenters. The summed E-state index contributed by atoms with van der Waals surface area (Å²) in [5.74, 6) is 0.440. The fourth-order valence-electron chi connectivity index (χ4n) is 2.87. The highest BCUT2D eigenvalue weighted by molar-refractivity contribution is 5.67. The first-order valence-electron chi connectivity index (χ1n) is 8.32. The van der Waals surface area contributed by atoms with Crippen LogP contribution in [0.25, 0.3) is 0 Å². The van der Waals surface area contributed by atoms with Gasteiger partial charge in [-0.1, -0.05) is 0 Å². The maximum Gasteiger partial charge on any atom is 0.407 e. The Hall–Kier alpha value is -1.69. The molecule has 1 N–H and O–H groups in total. The number of nitrogens with one attached hydrogen (secondary N) is 1. The van der Waals surface area contributed by atoms with Gasteiger partial charge in [0.2, 0.25) is 0 Å². The van der Waals surface area contributed by atoms with E-state index in [0.717, 1.165) is 31.6 Å². The SMILES string of the molecule is CC(c1cnccn1)N1CCCC(CNC(=O)OC(C)(C)C)C1. The molecule has 0 saturated carbocycles. The predicted octanol–water partition coefficient (Wildman–Crippen LogP) is 2.77. The van der Waals surface area contributed by atoms with Crippen molar-refractivity contribution < 1.29 is 9.53 Å². The van der Waals surface area contributed by atoms with Crippen molar-refractivity contribution in [3.8, 4) is 0 Å². The van der Waals surface area contributed by atoms with Crippen molar-refractivity contribution in [3.05, 3.63) is 24.3 Å². The largest absolute Gasteiger partial charge is 0.444 e. The topological polar surface area (TPSA) is 67.4 Å². The average Bonchev–Trinajstić information content (AvgIpc) is 2.52. The molecule has 6 nitrogen and oxygen atoms in total. The first kappa shape index (κ1) is 17.7. The molecule has 0 bridgehead atoms. The number of aromatic nitrogens is 2. The number of nitrogens with zero attached hydrogens (tertiary/aromatic N) is 3. The summed E-state index contributed by atoms with van der Waals surface area (Å²) in [5, 5.41) is 2.89. The van der Waals surface area contributed by atoms with Crippen molar-refractivity contribution >= 4 is 6.09 Å². The van der Waals surface area contributed by atoms with Gasteiger partial charge in [0.05, 0.1) is 11.7 Å². The van der Waals surface area contributed by atoms with Gasteiger partial charge < -0.3 is 10.1 Å². The molecule has 6 heteroatoms. The summed E-state index contributed by atoms with van der Waals surface area (Å²) >= 11 is 0. The number of carbonyl (C=O) groups excluding carboxylic acids is 1. The first-order valence-corrected chi connectivity index (χ1v) is 8.32. The van der Waals surface area contributed by atoms with E-state index in [4.69, 9.17) is 4.74 Å². The molecule has 128 valence electrons. The Morgan fingerprint density at radius 1 is 1.48 bits per heavy atom. The van der Waals surface area contributed by atoms with Gasteiger partial charge in [-0.15, -0.1) is 0 Å². The summed E-state index contributed by atoms with van der Waals surface area (Å²) in [4.78, 5) is 22.7. The zero-order valence-electron chi connectivity index (χ0n) is 14.6. The Kier molecular flexibility index (Phi) is 5.93. The number of piperidine rings is 1. The minimum Gasteiger partial charge on any atom is -0.444 e. The molecule has 1 aliphatic rings. The highest BCUT2D eigenvalue weighted by Crippen LogP contribution is 2.24. The van der Waals surface area contributed by atoms with Gasteiger partial charge in [0.25, 0.3) is 0 Å². The second kappa shape index (κ2) is 7.73. The summed E-state index contributed by atoms with van der Waals surface area (Å²) in [7, 11) is 0. The maximum absolute atomic E-state index is 11.8. The molecule has 1 fully saturated rings. The van der Waals surface area contributed by atoms with Crippen LogP contribution in [0.2, 0.25) is 0 Å². The van der Waals surface area contributed by atoms with Crippen molar-refractivity contribution in [1.82, 2.24) is 20.2 Å². The molecule has 1 aromatic rings. The van der Waals surface area contributed by atoms with Crippen molar-refractivity contribution in [1.29, 1.82) is 0 Å². The third kappa shape index (κ3) is 5.78. The van der Waals surface area contributed by atoms with Crippen molar-refractivity contribution in [2.75, 3.05) is 19.6 Å². The average molecular weight is 320 g/mol. The third-order valence-electron chi connectivity index (χ3n) is 4.04. The van der Waals surface area contributed by atoms with Crippen LogP contribution in [-0.2, 0) is 4.74 Å². The number of carbonyl (C=O) groups is 1. The Labute approximate surface area is 138 Å². The molecule has 0 aromatic carbocycles. The van der Waals surface area contributed by atoms with Crippen molar-refractivity contribution in [2.24, 2.45) is 5.92 Å². The Morgan fingerprint density at radius 3 is 2.91 bits per heavy atom. The number of alkyl carbamates (subject to hydrolysis) is 1. The van der Waals surface area contributed by atoms with E-state index in [2.05, 4.69) is 27.1 Å². The first-order chi connectivity index (χ1) is 10.8. The molecule has 0 spiro atoms. The molecule has 0 aliphatic carbocycles. The lowest BCUT2D eigenvalue weighted by atomic mass is 9.96. The van der Waals surface area contributed by atoms with Gasteiger partial charge in [0.1, 0.15) is 5.60 Å². The normalized spacial score (nSPS) is 20.8. The molecule has 1 saturated heterocycles. The van der Waals surface area contributed by atoms with Crippen LogP contribution in [0.5, 0.6) is 0 Å². The summed E-state index contributed by atoms with van der Waals surface area (Å²) < 4.78 is 5.29. The van der Waals surface area contributed by atoms with E-state index in [0.29, 0.717) is 12.5 Å². The summed E-state index contributed by atoms with van der Waals surface area (Å²) in [6.07, 6.45) is 7.17. The van der Waals surface area contributed by atoms with E-state index < -0.39 is 5.60 Å². The van der Waals surface area contributed by atoms with Crippen LogP contribution >= 0.6 is 0 Å². The van der Waals surface area contributed by atoms with Crippen LogP contribution < -0.4 is 5.32 Å². The fraction of sp³-hybridized carbons (Fsp3) is 0.706. The lowest BCUT2D eigenvalue weighted by Crippen LogP contribution is -2.43. The van der Waals surface area contributed by atoms with Crippen LogP contribution in [-0.4, -0.2) is 46.2 Å². The van der Waals surface area contributed by atoms with Crippen LogP contribution in [0.1, 0.15) is 52.3 Å². The van der Waals surface area contributed by atoms with E-state index in [-0.39, 0.29) is 12.1 Å². The van der Waals surface area contributed by atoms with E-state index >= 15 is 0 Å². The van der Waals surface area contributed by atoms with Crippen molar-refractivity contribution in [3.63, 3.8) is 0 Å². The molecular weight excluding hydrogens is 292 g/mol. The van der Waals surface area contributed by atoms with Gasteiger partial charge in [0.15, 0.2) is 0 Å². The Morgan fingerprint density at radius 2 is 2.26 bits per heavy atom. The lowest BCUT2D eigenvalue weighted by molar-refractivity contribution is 0.0500. The van der Waals surface area contributed by atoms with Crippen LogP contribution in [0, 0.1) is 5.92 Å². The summed E-state index contributed by atoms with van der Waals surface area (Å²) in [6, 6.07) is 0.244. The van der Waals surface area contributed by atoms with Crippen LogP contribution in [0.3, 0.4) is 0 Å². The molecular formula is C17H28N4O2. The minimum absolute atomic E-state index is 0.244. The number of hydrogen-bond donors (Lipinski definition) is 1. The zero-order valence-corrected chi connectivity index (χ0v) is 14.6. The van der Waals surface area contributed by atoms with E-state index in [1.807, 2.05) is 27.0 Å². The molecule has 2 heterocycles. The van der Waals surface area contributed by atoms with E-state index in [1.54, 1.807) is 12.4 Å². The number of likely N-dealkylation sites (tertiary alicyclic amines) is 1. The number of ether oxygens (including phenoxy) is 1. The fourth-order valence-corrected chi connectivity index (χ4v) is 2.87. The van der Waals surface area contributed by atoms with Gasteiger partial charge in [-0.25, -0.2) is 4.79 Å². The molecule has 1 aliphatic heterocycles. The summed E-state index contributed by atoms with van der Waals surface area (Å²) in [5.41, 5.74) is 0.539. The number of rotatable bonds is 4. The monoisotopic (exact) mass is 320 g/mol. The minimum atomic E-state index is -0.455. The standard InChI is InChI=1S/C17H28N4O2/c1-13(15-11-18-7-8-19-15)21-9-5-6-14(12-21)10-20-16(22)23-17(2,3)4/h7-8,11,13-14H,5-6,9-10,12H2,1-4H3,(H,20,22). The quantitative estimate of drug-likeness (QED) is 0.924. The smallest absolute Gasteiger partial charge is 0.407 e. The molecule has 2 atom stereocenters. The van der Waals surface area contributed by atoms with Crippen LogP contribution in [0.4, 0.5) is 4.79 Å². The van der Waals surface area contributed by atoms with Gasteiger partial charge in [-0.3, -0.25) is 14.9 Å². The molecule has 1 aromatic heterocycles. The molecule has 1 amide bonds. The van der Waals surface area contributed by atoms with Crippen molar-refractivity contribution in [2.45, 2.75) is 52.2 Å². The maximum atomic E-state index is 11.8. The second-order valence-electron chi connectivity index (χ2n) is 7.19. The highest BCUT2D eigenvalue weighted by Gasteiger charge is 2.26.